The monoisotopic (exact) mass is 260 g/mol. The molecule has 0 bridgehead atoms. The van der Waals surface area contributed by atoms with Gasteiger partial charge in [0.05, 0.1) is 5.56 Å². The molecule has 2 aliphatic rings. The first-order valence-electron chi connectivity index (χ1n) is 6.87. The van der Waals surface area contributed by atoms with Crippen LogP contribution in [0.15, 0.2) is 24.5 Å². The topological polar surface area (TPSA) is 62.5 Å². The molecule has 0 radical (unpaired) electrons. The average molecular weight is 260 g/mol. The number of hydrogen-bond acceptors (Lipinski definition) is 4. The summed E-state index contributed by atoms with van der Waals surface area (Å²) in [5, 5.41) is 0. The molecule has 1 amide bonds. The summed E-state index contributed by atoms with van der Waals surface area (Å²) >= 11 is 0. The summed E-state index contributed by atoms with van der Waals surface area (Å²) in [6.07, 6.45) is 5.60. The van der Waals surface area contributed by atoms with Gasteiger partial charge in [0, 0.05) is 50.7 Å². The van der Waals surface area contributed by atoms with Crippen LogP contribution in [0.4, 0.5) is 0 Å². The van der Waals surface area contributed by atoms with Crippen LogP contribution in [-0.4, -0.2) is 59.0 Å². The smallest absolute Gasteiger partial charge is 0.255 e. The molecule has 102 valence electrons. The van der Waals surface area contributed by atoms with Crippen molar-refractivity contribution in [3.05, 3.63) is 30.1 Å². The lowest BCUT2D eigenvalue weighted by Crippen LogP contribution is -2.52. The van der Waals surface area contributed by atoms with E-state index in [1.165, 1.54) is 0 Å². The predicted molar refractivity (Wildman–Crippen MR) is 72.7 cm³/mol. The minimum absolute atomic E-state index is 0.0650. The van der Waals surface area contributed by atoms with Crippen molar-refractivity contribution in [1.29, 1.82) is 0 Å². The third-order valence-corrected chi connectivity index (χ3v) is 4.00. The molecule has 0 aromatic carbocycles. The molecule has 2 N–H and O–H groups in total. The largest absolute Gasteiger partial charge is 0.336 e. The number of carbonyl (C=O) groups excluding carboxylic acids is 1. The molecule has 2 fully saturated rings. The number of carbonyl (C=O) groups is 1. The van der Waals surface area contributed by atoms with Crippen LogP contribution in [0.5, 0.6) is 0 Å². The van der Waals surface area contributed by atoms with Crippen molar-refractivity contribution in [2.24, 2.45) is 5.73 Å². The standard InChI is InChI=1S/C14H20N4O/c15-14(3-4-14)11-17-6-8-18(9-7-17)13(19)12-2-1-5-16-10-12/h1-2,5,10H,3-4,6-9,11,15H2. The number of aromatic nitrogens is 1. The van der Waals surface area contributed by atoms with Gasteiger partial charge in [0.15, 0.2) is 0 Å². The van der Waals surface area contributed by atoms with E-state index in [2.05, 4.69) is 9.88 Å². The van der Waals surface area contributed by atoms with Gasteiger partial charge in [-0.1, -0.05) is 0 Å². The van der Waals surface area contributed by atoms with Gasteiger partial charge in [-0.25, -0.2) is 0 Å². The Hall–Kier alpha value is -1.46. The van der Waals surface area contributed by atoms with E-state index in [4.69, 9.17) is 5.73 Å². The quantitative estimate of drug-likeness (QED) is 0.851. The fraction of sp³-hybridized carbons (Fsp3) is 0.571. The number of hydrogen-bond donors (Lipinski definition) is 1. The molecule has 0 spiro atoms. The van der Waals surface area contributed by atoms with Crippen molar-refractivity contribution in [2.75, 3.05) is 32.7 Å². The number of nitrogens with zero attached hydrogens (tertiary/aromatic N) is 3. The highest BCUT2D eigenvalue weighted by Gasteiger charge is 2.40. The Morgan fingerprint density at radius 2 is 2.05 bits per heavy atom. The van der Waals surface area contributed by atoms with Crippen molar-refractivity contribution in [1.82, 2.24) is 14.8 Å². The minimum atomic E-state index is 0.0650. The summed E-state index contributed by atoms with van der Waals surface area (Å²) in [6, 6.07) is 3.62. The van der Waals surface area contributed by atoms with Crippen LogP contribution in [0.1, 0.15) is 23.2 Å². The van der Waals surface area contributed by atoms with Gasteiger partial charge in [-0.15, -0.1) is 0 Å². The highest BCUT2D eigenvalue weighted by molar-refractivity contribution is 5.93. The van der Waals surface area contributed by atoms with E-state index < -0.39 is 0 Å². The van der Waals surface area contributed by atoms with Gasteiger partial charge in [0.2, 0.25) is 0 Å². The van der Waals surface area contributed by atoms with Crippen molar-refractivity contribution in [3.63, 3.8) is 0 Å². The lowest BCUT2D eigenvalue weighted by Gasteiger charge is -2.36. The van der Waals surface area contributed by atoms with Crippen LogP contribution < -0.4 is 5.73 Å². The molecule has 3 rings (SSSR count). The Morgan fingerprint density at radius 3 is 2.63 bits per heavy atom. The van der Waals surface area contributed by atoms with E-state index >= 15 is 0 Å². The fourth-order valence-corrected chi connectivity index (χ4v) is 2.54. The predicted octanol–water partition coefficient (Wildman–Crippen LogP) is 0.331. The van der Waals surface area contributed by atoms with Crippen molar-refractivity contribution < 1.29 is 4.79 Å². The number of nitrogens with two attached hydrogens (primary N) is 1. The summed E-state index contributed by atoms with van der Waals surface area (Å²) in [6.45, 7) is 4.38. The number of amides is 1. The van der Waals surface area contributed by atoms with E-state index in [0.717, 1.165) is 45.6 Å². The first-order chi connectivity index (χ1) is 9.16. The van der Waals surface area contributed by atoms with Crippen molar-refractivity contribution >= 4 is 5.91 Å². The van der Waals surface area contributed by atoms with Crippen LogP contribution in [0.25, 0.3) is 0 Å². The molecule has 1 aromatic rings. The molecular formula is C14H20N4O. The SMILES string of the molecule is NC1(CN2CCN(C(=O)c3cccnc3)CC2)CC1. The molecule has 0 atom stereocenters. The molecule has 2 heterocycles. The van der Waals surface area contributed by atoms with E-state index in [1.807, 2.05) is 11.0 Å². The van der Waals surface area contributed by atoms with Crippen molar-refractivity contribution in [2.45, 2.75) is 18.4 Å². The first-order valence-corrected chi connectivity index (χ1v) is 6.87. The summed E-state index contributed by atoms with van der Waals surface area (Å²) in [5.41, 5.74) is 6.87. The molecule has 5 nitrogen and oxygen atoms in total. The van der Waals surface area contributed by atoms with Gasteiger partial charge < -0.3 is 10.6 Å². The first kappa shape index (κ1) is 12.6. The highest BCUT2D eigenvalue weighted by atomic mass is 16.2. The Morgan fingerprint density at radius 1 is 1.32 bits per heavy atom. The second kappa shape index (κ2) is 4.90. The van der Waals surface area contributed by atoms with Crippen LogP contribution >= 0.6 is 0 Å². The molecule has 19 heavy (non-hydrogen) atoms. The Bertz CT molecular complexity index is 450. The van der Waals surface area contributed by atoms with Gasteiger partial charge >= 0.3 is 0 Å². The highest BCUT2D eigenvalue weighted by Crippen LogP contribution is 2.33. The Balaban J connectivity index is 1.54. The van der Waals surface area contributed by atoms with Crippen LogP contribution in [-0.2, 0) is 0 Å². The maximum Gasteiger partial charge on any atom is 0.255 e. The van der Waals surface area contributed by atoms with E-state index in [9.17, 15) is 4.79 Å². The number of pyridine rings is 1. The van der Waals surface area contributed by atoms with Crippen molar-refractivity contribution in [3.8, 4) is 0 Å². The third-order valence-electron chi connectivity index (χ3n) is 4.00. The van der Waals surface area contributed by atoms with Crippen LogP contribution in [0.2, 0.25) is 0 Å². The average Bonchev–Trinajstić information content (AvgIpc) is 3.17. The third kappa shape index (κ3) is 2.93. The van der Waals surface area contributed by atoms with Crippen LogP contribution in [0.3, 0.4) is 0 Å². The maximum absolute atomic E-state index is 12.2. The second-order valence-corrected chi connectivity index (χ2v) is 5.67. The van der Waals surface area contributed by atoms with E-state index in [0.29, 0.717) is 5.56 Å². The molecule has 1 aliphatic carbocycles. The summed E-state index contributed by atoms with van der Waals surface area (Å²) < 4.78 is 0. The second-order valence-electron chi connectivity index (χ2n) is 5.67. The van der Waals surface area contributed by atoms with Gasteiger partial charge in [0.25, 0.3) is 5.91 Å². The van der Waals surface area contributed by atoms with Gasteiger partial charge in [-0.3, -0.25) is 14.7 Å². The van der Waals surface area contributed by atoms with Gasteiger partial charge in [0.1, 0.15) is 0 Å². The number of rotatable bonds is 3. The molecule has 0 unspecified atom stereocenters. The maximum atomic E-state index is 12.2. The van der Waals surface area contributed by atoms with Crippen LogP contribution in [0, 0.1) is 0 Å². The molecule has 1 saturated heterocycles. The lowest BCUT2D eigenvalue weighted by atomic mass is 10.2. The zero-order valence-corrected chi connectivity index (χ0v) is 11.1. The molecule has 1 aliphatic heterocycles. The fourth-order valence-electron chi connectivity index (χ4n) is 2.54. The normalized spacial score (nSPS) is 22.3. The number of piperazine rings is 1. The van der Waals surface area contributed by atoms with E-state index in [-0.39, 0.29) is 11.4 Å². The molecule has 1 saturated carbocycles. The zero-order chi connectivity index (χ0) is 13.3. The summed E-state index contributed by atoms with van der Waals surface area (Å²) in [5.74, 6) is 0.0848. The Kier molecular flexibility index (Phi) is 3.24. The lowest BCUT2D eigenvalue weighted by molar-refractivity contribution is 0.0627. The van der Waals surface area contributed by atoms with Gasteiger partial charge in [-0.05, 0) is 25.0 Å². The molecule has 1 aromatic heterocycles. The van der Waals surface area contributed by atoms with E-state index in [1.54, 1.807) is 18.5 Å². The Labute approximate surface area is 113 Å². The minimum Gasteiger partial charge on any atom is -0.336 e. The molecule has 5 heteroatoms. The zero-order valence-electron chi connectivity index (χ0n) is 11.1. The summed E-state index contributed by atoms with van der Waals surface area (Å²) in [7, 11) is 0. The summed E-state index contributed by atoms with van der Waals surface area (Å²) in [4.78, 5) is 20.5. The van der Waals surface area contributed by atoms with Gasteiger partial charge in [-0.2, -0.15) is 0 Å². The molecular weight excluding hydrogens is 240 g/mol.